The second kappa shape index (κ2) is 2.59. The summed E-state index contributed by atoms with van der Waals surface area (Å²) in [5, 5.41) is 5.40. The lowest BCUT2D eigenvalue weighted by molar-refractivity contribution is 0.666. The molecule has 0 aliphatic carbocycles. The van der Waals surface area contributed by atoms with E-state index in [4.69, 9.17) is 0 Å². The van der Waals surface area contributed by atoms with Crippen molar-refractivity contribution in [2.45, 2.75) is 20.4 Å². The number of aryl methyl sites for hydroxylation is 2. The molecule has 0 unspecified atom stereocenters. The summed E-state index contributed by atoms with van der Waals surface area (Å²) in [4.78, 5) is 4.22. The minimum absolute atomic E-state index is 0.836. The van der Waals surface area contributed by atoms with Crippen molar-refractivity contribution in [3.63, 3.8) is 0 Å². The highest BCUT2D eigenvalue weighted by atomic mass is 15.3. The van der Waals surface area contributed by atoms with E-state index >= 15 is 0 Å². The first-order valence-corrected chi connectivity index (χ1v) is 4.09. The smallest absolute Gasteiger partial charge is 0.181 e. The maximum absolute atomic E-state index is 4.28. The summed E-state index contributed by atoms with van der Waals surface area (Å²) >= 11 is 0. The Balaban J connectivity index is 2.67. The van der Waals surface area contributed by atoms with Gasteiger partial charge in [0.25, 0.3) is 0 Å². The van der Waals surface area contributed by atoms with Gasteiger partial charge in [-0.05, 0) is 25.5 Å². The van der Waals surface area contributed by atoms with Crippen LogP contribution in [0.1, 0.15) is 12.5 Å². The highest BCUT2D eigenvalue weighted by Crippen LogP contribution is 2.10. The molecule has 0 bridgehead atoms. The van der Waals surface area contributed by atoms with Crippen molar-refractivity contribution in [1.82, 2.24) is 14.8 Å². The quantitative estimate of drug-likeness (QED) is 0.638. The van der Waals surface area contributed by atoms with Crippen molar-refractivity contribution in [3.8, 4) is 0 Å². The summed E-state index contributed by atoms with van der Waals surface area (Å²) in [5.74, 6) is 0. The zero-order valence-corrected chi connectivity index (χ0v) is 7.28. The Kier molecular flexibility index (Phi) is 1.57. The number of nitrogens with zero attached hydrogens (tertiary/aromatic N) is 3. The molecule has 0 aliphatic heterocycles. The highest BCUT2D eigenvalue weighted by Gasteiger charge is 1.99. The maximum Gasteiger partial charge on any atom is 0.181 e. The normalized spacial score (nSPS) is 10.8. The zero-order valence-electron chi connectivity index (χ0n) is 7.28. The second-order valence-corrected chi connectivity index (χ2v) is 2.91. The number of fused-ring (bicyclic) bond motifs is 1. The predicted octanol–water partition coefficient (Wildman–Crippen LogP) is 1.76. The van der Waals surface area contributed by atoms with Gasteiger partial charge in [-0.1, -0.05) is 0 Å². The fraction of sp³-hybridized carbons (Fsp3) is 0.333. The monoisotopic (exact) mass is 161 g/mol. The molecule has 3 nitrogen and oxygen atoms in total. The van der Waals surface area contributed by atoms with E-state index in [1.807, 2.05) is 24.0 Å². The SMILES string of the molecule is CCn1cc2cc(C)cnc2n1. The van der Waals surface area contributed by atoms with Gasteiger partial charge in [-0.2, -0.15) is 5.10 Å². The van der Waals surface area contributed by atoms with Crippen molar-refractivity contribution in [1.29, 1.82) is 0 Å². The Morgan fingerprint density at radius 2 is 2.33 bits per heavy atom. The summed E-state index contributed by atoms with van der Waals surface area (Å²) in [6, 6.07) is 2.10. The molecule has 0 aromatic carbocycles. The van der Waals surface area contributed by atoms with Crippen molar-refractivity contribution < 1.29 is 0 Å². The lowest BCUT2D eigenvalue weighted by Crippen LogP contribution is -1.92. The molecule has 0 saturated carbocycles. The van der Waals surface area contributed by atoms with Gasteiger partial charge in [-0.15, -0.1) is 0 Å². The highest BCUT2D eigenvalue weighted by molar-refractivity contribution is 5.74. The molecule has 2 heterocycles. The van der Waals surface area contributed by atoms with Crippen LogP contribution < -0.4 is 0 Å². The van der Waals surface area contributed by atoms with Gasteiger partial charge in [0.05, 0.1) is 0 Å². The Morgan fingerprint density at radius 1 is 1.50 bits per heavy atom. The number of rotatable bonds is 1. The summed E-state index contributed by atoms with van der Waals surface area (Å²) in [6.45, 7) is 5.00. The second-order valence-electron chi connectivity index (χ2n) is 2.91. The molecule has 2 rings (SSSR count). The minimum Gasteiger partial charge on any atom is -0.270 e. The molecule has 0 N–H and O–H groups in total. The van der Waals surface area contributed by atoms with Gasteiger partial charge in [0, 0.05) is 24.3 Å². The van der Waals surface area contributed by atoms with Crippen LogP contribution in [0, 0.1) is 6.92 Å². The zero-order chi connectivity index (χ0) is 8.55. The summed E-state index contributed by atoms with van der Waals surface area (Å²) in [5.41, 5.74) is 2.01. The van der Waals surface area contributed by atoms with Crippen molar-refractivity contribution >= 4 is 11.0 Å². The molecule has 0 spiro atoms. The molecule has 12 heavy (non-hydrogen) atoms. The van der Waals surface area contributed by atoms with Gasteiger partial charge in [0.2, 0.25) is 0 Å². The average molecular weight is 161 g/mol. The van der Waals surface area contributed by atoms with E-state index in [1.165, 1.54) is 5.56 Å². The molecular formula is C9H11N3. The fourth-order valence-electron chi connectivity index (χ4n) is 1.24. The van der Waals surface area contributed by atoms with Crippen molar-refractivity contribution in [3.05, 3.63) is 24.0 Å². The van der Waals surface area contributed by atoms with Gasteiger partial charge in [-0.3, -0.25) is 4.68 Å². The van der Waals surface area contributed by atoms with Gasteiger partial charge in [-0.25, -0.2) is 4.98 Å². The molecule has 0 aliphatic rings. The summed E-state index contributed by atoms with van der Waals surface area (Å²) in [6.07, 6.45) is 3.87. The Labute approximate surface area is 71.0 Å². The summed E-state index contributed by atoms with van der Waals surface area (Å²) < 4.78 is 1.90. The van der Waals surface area contributed by atoms with Crippen LogP contribution in [-0.4, -0.2) is 14.8 Å². The van der Waals surface area contributed by atoms with Gasteiger partial charge >= 0.3 is 0 Å². The van der Waals surface area contributed by atoms with Crippen LogP contribution in [0.4, 0.5) is 0 Å². The third kappa shape index (κ3) is 1.07. The number of pyridine rings is 1. The van der Waals surface area contributed by atoms with E-state index in [0.717, 1.165) is 17.6 Å². The van der Waals surface area contributed by atoms with Crippen molar-refractivity contribution in [2.24, 2.45) is 0 Å². The van der Waals surface area contributed by atoms with E-state index in [2.05, 4.69) is 23.1 Å². The molecule has 0 amide bonds. The fourth-order valence-corrected chi connectivity index (χ4v) is 1.24. The minimum atomic E-state index is 0.836. The molecule has 62 valence electrons. The van der Waals surface area contributed by atoms with E-state index in [-0.39, 0.29) is 0 Å². The Morgan fingerprint density at radius 3 is 3.08 bits per heavy atom. The molecular weight excluding hydrogens is 150 g/mol. The number of hydrogen-bond acceptors (Lipinski definition) is 2. The number of aromatic nitrogens is 3. The topological polar surface area (TPSA) is 30.7 Å². The molecule has 2 aromatic heterocycles. The molecule has 0 atom stereocenters. The van der Waals surface area contributed by atoms with E-state index in [0.29, 0.717) is 0 Å². The van der Waals surface area contributed by atoms with E-state index in [1.54, 1.807) is 0 Å². The molecule has 3 heteroatoms. The standard InChI is InChI=1S/C9H11N3/c1-3-12-6-8-4-7(2)5-10-9(8)11-12/h4-6H,3H2,1-2H3. The number of hydrogen-bond donors (Lipinski definition) is 0. The first kappa shape index (κ1) is 7.28. The van der Waals surface area contributed by atoms with E-state index < -0.39 is 0 Å². The third-order valence-corrected chi connectivity index (χ3v) is 1.87. The Hall–Kier alpha value is -1.38. The van der Waals surface area contributed by atoms with Crippen LogP contribution in [0.15, 0.2) is 18.5 Å². The lowest BCUT2D eigenvalue weighted by Gasteiger charge is -1.88. The largest absolute Gasteiger partial charge is 0.270 e. The lowest BCUT2D eigenvalue weighted by atomic mass is 10.3. The maximum atomic E-state index is 4.28. The van der Waals surface area contributed by atoms with Crippen LogP contribution in [0.5, 0.6) is 0 Å². The van der Waals surface area contributed by atoms with Gasteiger partial charge < -0.3 is 0 Å². The molecule has 0 saturated heterocycles. The van der Waals surface area contributed by atoms with Gasteiger partial charge in [0.15, 0.2) is 5.65 Å². The first-order valence-electron chi connectivity index (χ1n) is 4.09. The van der Waals surface area contributed by atoms with Crippen LogP contribution in [0.3, 0.4) is 0 Å². The van der Waals surface area contributed by atoms with Crippen LogP contribution >= 0.6 is 0 Å². The third-order valence-electron chi connectivity index (χ3n) is 1.87. The Bertz CT molecular complexity index is 403. The summed E-state index contributed by atoms with van der Waals surface area (Å²) in [7, 11) is 0. The molecule has 0 fully saturated rings. The molecule has 2 aromatic rings. The van der Waals surface area contributed by atoms with E-state index in [9.17, 15) is 0 Å². The van der Waals surface area contributed by atoms with Crippen LogP contribution in [-0.2, 0) is 6.54 Å². The van der Waals surface area contributed by atoms with Crippen LogP contribution in [0.25, 0.3) is 11.0 Å². The average Bonchev–Trinajstić information content (AvgIpc) is 2.46. The molecule has 0 radical (unpaired) electrons. The van der Waals surface area contributed by atoms with Crippen molar-refractivity contribution in [2.75, 3.05) is 0 Å². The van der Waals surface area contributed by atoms with Crippen LogP contribution in [0.2, 0.25) is 0 Å². The predicted molar refractivity (Wildman–Crippen MR) is 47.9 cm³/mol. The first-order chi connectivity index (χ1) is 5.79. The van der Waals surface area contributed by atoms with Gasteiger partial charge in [0.1, 0.15) is 0 Å².